The minimum Gasteiger partial charge on any atom is -0.444 e. The van der Waals surface area contributed by atoms with Crippen LogP contribution in [0.25, 0.3) is 5.78 Å². The maximum absolute atomic E-state index is 13.9. The lowest BCUT2D eigenvalue weighted by atomic mass is 10.0. The van der Waals surface area contributed by atoms with Crippen LogP contribution in [-0.2, 0) is 9.47 Å². The first-order chi connectivity index (χ1) is 18.1. The van der Waals surface area contributed by atoms with Gasteiger partial charge in [0.1, 0.15) is 11.3 Å². The summed E-state index contributed by atoms with van der Waals surface area (Å²) in [5.41, 5.74) is 0.243. The van der Waals surface area contributed by atoms with Crippen molar-refractivity contribution in [1.29, 1.82) is 0 Å². The van der Waals surface area contributed by atoms with Crippen LogP contribution in [0.5, 0.6) is 0 Å². The monoisotopic (exact) mass is 626 g/mol. The van der Waals surface area contributed by atoms with Gasteiger partial charge >= 0.3 is 6.09 Å². The average molecular weight is 628 g/mol. The maximum Gasteiger partial charge on any atom is 0.410 e. The minimum absolute atomic E-state index is 0.00354. The molecule has 0 spiro atoms. The van der Waals surface area contributed by atoms with Gasteiger partial charge in [0.15, 0.2) is 0 Å². The Kier molecular flexibility index (Phi) is 9.92. The molecule has 0 aromatic carbocycles. The summed E-state index contributed by atoms with van der Waals surface area (Å²) < 4.78 is 14.5. The number of amides is 1. The number of piperazine rings is 1. The molecule has 3 heterocycles. The van der Waals surface area contributed by atoms with E-state index in [9.17, 15) is 9.59 Å². The van der Waals surface area contributed by atoms with E-state index in [4.69, 9.17) is 14.3 Å². The number of hydrogen-bond acceptors (Lipinski definition) is 8. The molecule has 1 amide bonds. The molecule has 2 aromatic heterocycles. The Morgan fingerprint density at radius 1 is 1.28 bits per heavy atom. The second-order valence-corrected chi connectivity index (χ2v) is 18.6. The SMILES string of the molecule is C=CCC(C)c1c(N2CCN(C(=O)OC(C)(C)C)[C@H](C)C2)c(=O)n2nc(Br)nc2n1OCOCC[Si](C)(C)C. The number of ether oxygens (including phenoxy) is 2. The van der Waals surface area contributed by atoms with Crippen molar-refractivity contribution in [3.8, 4) is 0 Å². The van der Waals surface area contributed by atoms with Crippen LogP contribution < -0.4 is 15.3 Å². The zero-order valence-electron chi connectivity index (χ0n) is 24.5. The van der Waals surface area contributed by atoms with E-state index >= 15 is 0 Å². The molecular weight excluding hydrogens is 584 g/mol. The number of nitrogens with zero attached hydrogens (tertiary/aromatic N) is 6. The zero-order valence-corrected chi connectivity index (χ0v) is 27.1. The summed E-state index contributed by atoms with van der Waals surface area (Å²) >= 11 is 3.31. The third-order valence-electron chi connectivity index (χ3n) is 6.42. The Hall–Kier alpha value is -2.38. The number of allylic oxidation sites excluding steroid dienone is 1. The molecule has 0 bridgehead atoms. The third-order valence-corrected chi connectivity index (χ3v) is 8.46. The van der Waals surface area contributed by atoms with Crippen LogP contribution in [0.15, 0.2) is 22.2 Å². The lowest BCUT2D eigenvalue weighted by molar-refractivity contribution is -0.0564. The molecule has 0 saturated carbocycles. The van der Waals surface area contributed by atoms with Crippen LogP contribution in [-0.4, -0.2) is 83.1 Å². The molecule has 0 N–H and O–H groups in total. The second-order valence-electron chi connectivity index (χ2n) is 12.3. The molecular formula is C26H43BrN6O5Si. The predicted molar refractivity (Wildman–Crippen MR) is 158 cm³/mol. The maximum atomic E-state index is 13.9. The van der Waals surface area contributed by atoms with Crippen LogP contribution in [0.1, 0.15) is 52.7 Å². The van der Waals surface area contributed by atoms with Crippen LogP contribution in [0.2, 0.25) is 25.7 Å². The van der Waals surface area contributed by atoms with Crippen molar-refractivity contribution < 1.29 is 19.1 Å². The summed E-state index contributed by atoms with van der Waals surface area (Å²) in [5.74, 6) is 0.141. The van der Waals surface area contributed by atoms with E-state index in [1.165, 1.54) is 4.52 Å². The van der Waals surface area contributed by atoms with Crippen molar-refractivity contribution in [1.82, 2.24) is 24.2 Å². The van der Waals surface area contributed by atoms with E-state index in [0.29, 0.717) is 44.0 Å². The normalized spacial score (nSPS) is 17.4. The highest BCUT2D eigenvalue weighted by atomic mass is 79.9. The largest absolute Gasteiger partial charge is 0.444 e. The highest BCUT2D eigenvalue weighted by Crippen LogP contribution is 2.30. The van der Waals surface area contributed by atoms with E-state index in [1.54, 1.807) is 9.63 Å². The number of carbonyl (C=O) groups excluding carboxylic acids is 1. The number of carbonyl (C=O) groups is 1. The number of hydrogen-bond donors (Lipinski definition) is 0. The lowest BCUT2D eigenvalue weighted by Gasteiger charge is -2.41. The third kappa shape index (κ3) is 7.85. The van der Waals surface area contributed by atoms with Gasteiger partial charge in [-0.25, -0.2) is 4.79 Å². The molecule has 0 radical (unpaired) electrons. The van der Waals surface area contributed by atoms with E-state index in [1.807, 2.05) is 45.6 Å². The van der Waals surface area contributed by atoms with E-state index in [0.717, 1.165) is 6.04 Å². The van der Waals surface area contributed by atoms with Gasteiger partial charge in [0.25, 0.3) is 11.3 Å². The van der Waals surface area contributed by atoms with Crippen molar-refractivity contribution >= 4 is 41.6 Å². The van der Waals surface area contributed by atoms with Gasteiger partial charge in [-0.2, -0.15) is 9.50 Å². The van der Waals surface area contributed by atoms with Gasteiger partial charge in [0.05, 0.1) is 5.69 Å². The first-order valence-electron chi connectivity index (χ1n) is 13.4. The predicted octanol–water partition coefficient (Wildman–Crippen LogP) is 4.52. The Labute approximate surface area is 240 Å². The highest BCUT2D eigenvalue weighted by molar-refractivity contribution is 9.10. The van der Waals surface area contributed by atoms with Gasteiger partial charge in [0.2, 0.25) is 11.5 Å². The summed E-state index contributed by atoms with van der Waals surface area (Å²) in [4.78, 5) is 41.0. The van der Waals surface area contributed by atoms with Crippen LogP contribution in [0, 0.1) is 0 Å². The average Bonchev–Trinajstić information content (AvgIpc) is 3.19. The van der Waals surface area contributed by atoms with Crippen molar-refractivity contribution in [3.63, 3.8) is 0 Å². The van der Waals surface area contributed by atoms with E-state index in [2.05, 4.69) is 52.2 Å². The summed E-state index contributed by atoms with van der Waals surface area (Å²) in [6, 6.07) is 0.824. The number of anilines is 1. The fourth-order valence-corrected chi connectivity index (χ4v) is 5.53. The number of rotatable bonds is 10. The quantitative estimate of drug-likeness (QED) is 0.164. The van der Waals surface area contributed by atoms with Gasteiger partial charge < -0.3 is 24.1 Å². The lowest BCUT2D eigenvalue weighted by Crippen LogP contribution is -2.56. The van der Waals surface area contributed by atoms with Crippen molar-refractivity contribution in [2.24, 2.45) is 0 Å². The molecule has 2 atom stereocenters. The Balaban J connectivity index is 2.00. The first kappa shape index (κ1) is 31.1. The van der Waals surface area contributed by atoms with Crippen LogP contribution in [0.4, 0.5) is 10.5 Å². The number of aromatic nitrogens is 4. The summed E-state index contributed by atoms with van der Waals surface area (Å²) in [6.07, 6.45) is 2.08. The van der Waals surface area contributed by atoms with E-state index in [-0.39, 0.29) is 40.9 Å². The van der Waals surface area contributed by atoms with Crippen molar-refractivity contribution in [3.05, 3.63) is 33.4 Å². The van der Waals surface area contributed by atoms with E-state index < -0.39 is 13.7 Å². The number of fused-ring (bicyclic) bond motifs is 1. The minimum atomic E-state index is -1.26. The Bertz CT molecular complexity index is 1230. The summed E-state index contributed by atoms with van der Waals surface area (Å²) in [5, 5.41) is 4.30. The zero-order chi connectivity index (χ0) is 29.1. The van der Waals surface area contributed by atoms with Crippen molar-refractivity contribution in [2.75, 3.05) is 37.9 Å². The smallest absolute Gasteiger partial charge is 0.410 e. The molecule has 1 fully saturated rings. The molecule has 218 valence electrons. The molecule has 1 aliphatic heterocycles. The van der Waals surface area contributed by atoms with Gasteiger partial charge in [-0.3, -0.25) is 4.79 Å². The van der Waals surface area contributed by atoms with Crippen LogP contribution in [0.3, 0.4) is 0 Å². The molecule has 0 aliphatic carbocycles. The van der Waals surface area contributed by atoms with Gasteiger partial charge in [-0.15, -0.1) is 16.4 Å². The second kappa shape index (κ2) is 12.4. The van der Waals surface area contributed by atoms with Crippen LogP contribution >= 0.6 is 15.9 Å². The highest BCUT2D eigenvalue weighted by Gasteiger charge is 2.35. The van der Waals surface area contributed by atoms with Crippen molar-refractivity contribution in [2.45, 2.75) is 84.3 Å². The van der Waals surface area contributed by atoms with Gasteiger partial charge in [0, 0.05) is 46.3 Å². The summed E-state index contributed by atoms with van der Waals surface area (Å²) in [6.45, 7) is 22.2. The molecule has 1 aliphatic rings. The first-order valence-corrected chi connectivity index (χ1v) is 17.9. The molecule has 2 aromatic rings. The summed E-state index contributed by atoms with van der Waals surface area (Å²) in [7, 11) is -1.26. The number of halogens is 1. The standard InChI is InChI=1S/C26H43BrN6O5Si/c1-10-11-18(2)20-21(30-12-13-31(19(3)16-30)25(35)38-26(4,5)6)22(34)32-24(28-23(27)29-32)33(20)37-17-36-14-15-39(7,8)9/h10,18-19H,1,11-17H2,2-9H3/t18?,19-/m1/s1. The molecule has 3 rings (SSSR count). The molecule has 13 heteroatoms. The fourth-order valence-electron chi connectivity index (χ4n) is 4.46. The Morgan fingerprint density at radius 2 is 1.97 bits per heavy atom. The van der Waals surface area contributed by atoms with Gasteiger partial charge in [-0.1, -0.05) is 32.6 Å². The molecule has 1 saturated heterocycles. The molecule has 11 nitrogen and oxygen atoms in total. The molecule has 39 heavy (non-hydrogen) atoms. The fraction of sp³-hybridized carbons (Fsp3) is 0.692. The Morgan fingerprint density at radius 3 is 2.56 bits per heavy atom. The van der Waals surface area contributed by atoms with Gasteiger partial charge in [-0.05, 0) is 56.1 Å². The topological polar surface area (TPSA) is 103 Å². The molecule has 1 unspecified atom stereocenters.